The quantitative estimate of drug-likeness (QED) is 0.737. The van der Waals surface area contributed by atoms with Crippen molar-refractivity contribution in [1.82, 2.24) is 18.9 Å². The van der Waals surface area contributed by atoms with E-state index in [0.29, 0.717) is 16.3 Å². The van der Waals surface area contributed by atoms with E-state index in [2.05, 4.69) is 0 Å². The van der Waals surface area contributed by atoms with Crippen molar-refractivity contribution < 1.29 is 14.4 Å². The summed E-state index contributed by atoms with van der Waals surface area (Å²) in [5, 5.41) is 0.520. The Kier molecular flexibility index (Phi) is 4.23. The van der Waals surface area contributed by atoms with Crippen LogP contribution in [0.25, 0.3) is 11.3 Å². The van der Waals surface area contributed by atoms with Crippen LogP contribution in [0.3, 0.4) is 0 Å². The number of halogens is 1. The van der Waals surface area contributed by atoms with Crippen LogP contribution in [0.1, 0.15) is 11.6 Å². The summed E-state index contributed by atoms with van der Waals surface area (Å²) >= 11 is 5.93. The van der Waals surface area contributed by atoms with Gasteiger partial charge in [-0.05, 0) is 12.1 Å². The van der Waals surface area contributed by atoms with E-state index >= 15 is 0 Å². The van der Waals surface area contributed by atoms with E-state index in [-0.39, 0.29) is 11.4 Å². The number of carbonyl (C=O) groups excluding carboxylic acids is 3. The molecule has 9 heteroatoms. The Morgan fingerprint density at radius 3 is 1.81 bits per heavy atom. The van der Waals surface area contributed by atoms with Crippen molar-refractivity contribution in [2.24, 2.45) is 14.1 Å². The molecule has 1 fully saturated rings. The number of nitrogens with zero attached hydrogens (tertiary/aromatic N) is 4. The third-order valence-electron chi connectivity index (χ3n) is 4.63. The van der Waals surface area contributed by atoms with Gasteiger partial charge in [0.1, 0.15) is 0 Å². The molecule has 2 aromatic rings. The fraction of sp³-hybridized carbons (Fsp3) is 0.294. The first-order valence-electron chi connectivity index (χ1n) is 7.77. The van der Waals surface area contributed by atoms with E-state index in [1.54, 1.807) is 31.3 Å². The number of likely N-dealkylation sites (N-methyl/N-ethyl adjacent to an activating group) is 2. The third-order valence-corrected chi connectivity index (χ3v) is 4.89. The molecule has 2 heterocycles. The molecular formula is C17H17ClN4O4. The lowest BCUT2D eigenvalue weighted by atomic mass is 9.95. The lowest BCUT2D eigenvalue weighted by molar-refractivity contribution is -0.143. The Bertz CT molecular complexity index is 965. The monoisotopic (exact) mass is 376 g/mol. The van der Waals surface area contributed by atoms with Gasteiger partial charge >= 0.3 is 11.7 Å². The highest BCUT2D eigenvalue weighted by atomic mass is 35.5. The highest BCUT2D eigenvalue weighted by Crippen LogP contribution is 2.33. The molecule has 0 bridgehead atoms. The van der Waals surface area contributed by atoms with Gasteiger partial charge in [0.25, 0.3) is 0 Å². The van der Waals surface area contributed by atoms with Gasteiger partial charge in [-0.25, -0.2) is 9.59 Å². The number of carbonyl (C=O) groups is 3. The average Bonchev–Trinajstić information content (AvgIpc) is 2.84. The maximum Gasteiger partial charge on any atom is 0.332 e. The minimum atomic E-state index is -1.28. The smallest absolute Gasteiger partial charge is 0.297 e. The summed E-state index contributed by atoms with van der Waals surface area (Å²) in [6.45, 7) is 0. The summed E-state index contributed by atoms with van der Waals surface area (Å²) in [6, 6.07) is 6.02. The molecule has 1 aliphatic rings. The van der Waals surface area contributed by atoms with Crippen LogP contribution >= 0.6 is 11.6 Å². The lowest BCUT2D eigenvalue weighted by Gasteiger charge is -2.33. The SMILES string of the molecule is CN1C(=O)C(c2c(-c3ccc(Cl)cc3)n(C)c(=O)n2C)C(=O)N(C)C1=O. The van der Waals surface area contributed by atoms with Crippen molar-refractivity contribution in [2.75, 3.05) is 14.1 Å². The summed E-state index contributed by atoms with van der Waals surface area (Å²) in [5.74, 6) is -2.63. The molecule has 0 atom stereocenters. The zero-order chi connectivity index (χ0) is 19.3. The van der Waals surface area contributed by atoms with Crippen LogP contribution in [0, 0.1) is 0 Å². The summed E-state index contributed by atoms with van der Waals surface area (Å²) in [5.41, 5.74) is 0.915. The molecule has 1 aliphatic heterocycles. The zero-order valence-corrected chi connectivity index (χ0v) is 15.4. The van der Waals surface area contributed by atoms with E-state index in [0.717, 1.165) is 9.80 Å². The molecular weight excluding hydrogens is 360 g/mol. The molecule has 1 aromatic carbocycles. The molecule has 1 aromatic heterocycles. The minimum absolute atomic E-state index is 0.237. The number of rotatable bonds is 2. The van der Waals surface area contributed by atoms with Gasteiger partial charge in [0.2, 0.25) is 11.8 Å². The van der Waals surface area contributed by atoms with Crippen molar-refractivity contribution in [3.63, 3.8) is 0 Å². The molecule has 0 N–H and O–H groups in total. The molecule has 0 unspecified atom stereocenters. The fourth-order valence-corrected chi connectivity index (χ4v) is 3.30. The zero-order valence-electron chi connectivity index (χ0n) is 14.7. The molecule has 3 rings (SSSR count). The van der Waals surface area contributed by atoms with Crippen molar-refractivity contribution in [1.29, 1.82) is 0 Å². The Hall–Kier alpha value is -2.87. The maximum atomic E-state index is 12.7. The van der Waals surface area contributed by atoms with E-state index in [1.165, 1.54) is 30.3 Å². The molecule has 0 saturated carbocycles. The molecule has 0 aliphatic carbocycles. The summed E-state index contributed by atoms with van der Waals surface area (Å²) in [7, 11) is 5.67. The third kappa shape index (κ3) is 2.45. The average molecular weight is 377 g/mol. The largest absolute Gasteiger partial charge is 0.332 e. The van der Waals surface area contributed by atoms with Crippen molar-refractivity contribution in [3.05, 3.63) is 45.5 Å². The van der Waals surface area contributed by atoms with Crippen LogP contribution in [0.15, 0.2) is 29.1 Å². The van der Waals surface area contributed by atoms with Gasteiger partial charge in [0.05, 0.1) is 11.4 Å². The Morgan fingerprint density at radius 2 is 1.31 bits per heavy atom. The normalized spacial score (nSPS) is 16.0. The number of barbiturate groups is 1. The number of hydrogen-bond acceptors (Lipinski definition) is 4. The minimum Gasteiger partial charge on any atom is -0.297 e. The highest BCUT2D eigenvalue weighted by Gasteiger charge is 2.46. The van der Waals surface area contributed by atoms with Crippen molar-refractivity contribution in [3.8, 4) is 11.3 Å². The molecule has 0 radical (unpaired) electrons. The van der Waals surface area contributed by atoms with Gasteiger partial charge in [0.15, 0.2) is 5.92 Å². The predicted molar refractivity (Wildman–Crippen MR) is 94.8 cm³/mol. The molecule has 4 amide bonds. The Labute approximate surface area is 154 Å². The van der Waals surface area contributed by atoms with Crippen LogP contribution in [-0.2, 0) is 23.7 Å². The topological polar surface area (TPSA) is 84.6 Å². The van der Waals surface area contributed by atoms with Crippen LogP contribution in [-0.4, -0.2) is 50.9 Å². The standard InChI is InChI=1S/C17H17ClN4O4/c1-19-12(9-5-7-10(18)8-6-9)13(20(2)16(19)25)11-14(23)21(3)17(26)22(4)15(11)24/h5-8,11H,1-4H3. The molecule has 0 spiro atoms. The van der Waals surface area contributed by atoms with Gasteiger partial charge in [0, 0.05) is 38.8 Å². The molecule has 136 valence electrons. The van der Waals surface area contributed by atoms with Gasteiger partial charge in [-0.1, -0.05) is 23.7 Å². The first kappa shape index (κ1) is 17.9. The fourth-order valence-electron chi connectivity index (χ4n) is 3.17. The number of imide groups is 2. The van der Waals surface area contributed by atoms with Gasteiger partial charge in [-0.15, -0.1) is 0 Å². The lowest BCUT2D eigenvalue weighted by Crippen LogP contribution is -2.56. The van der Waals surface area contributed by atoms with E-state index in [1.807, 2.05) is 0 Å². The van der Waals surface area contributed by atoms with Crippen LogP contribution in [0.5, 0.6) is 0 Å². The molecule has 26 heavy (non-hydrogen) atoms. The maximum absolute atomic E-state index is 12.7. The molecule has 1 saturated heterocycles. The summed E-state index contributed by atoms with van der Waals surface area (Å²) < 4.78 is 2.64. The second-order valence-electron chi connectivity index (χ2n) is 6.15. The summed E-state index contributed by atoms with van der Waals surface area (Å²) in [6.07, 6.45) is 0. The first-order chi connectivity index (χ1) is 12.2. The summed E-state index contributed by atoms with van der Waals surface area (Å²) in [4.78, 5) is 51.7. The predicted octanol–water partition coefficient (Wildman–Crippen LogP) is 1.18. The van der Waals surface area contributed by atoms with Gasteiger partial charge in [-0.3, -0.25) is 28.5 Å². The Balaban J connectivity index is 2.28. The van der Waals surface area contributed by atoms with Crippen molar-refractivity contribution >= 4 is 29.4 Å². The van der Waals surface area contributed by atoms with E-state index in [9.17, 15) is 19.2 Å². The van der Waals surface area contributed by atoms with Crippen LogP contribution in [0.2, 0.25) is 5.02 Å². The Morgan fingerprint density at radius 1 is 0.808 bits per heavy atom. The second-order valence-corrected chi connectivity index (χ2v) is 6.59. The number of amides is 4. The van der Waals surface area contributed by atoms with E-state index in [4.69, 9.17) is 11.6 Å². The highest BCUT2D eigenvalue weighted by molar-refractivity contribution is 6.30. The van der Waals surface area contributed by atoms with Crippen LogP contribution < -0.4 is 5.69 Å². The molecule has 8 nitrogen and oxygen atoms in total. The van der Waals surface area contributed by atoms with E-state index < -0.39 is 23.8 Å². The van der Waals surface area contributed by atoms with Crippen molar-refractivity contribution in [2.45, 2.75) is 5.92 Å². The second kappa shape index (κ2) is 6.14. The number of benzene rings is 1. The number of hydrogen-bond donors (Lipinski definition) is 0. The van der Waals surface area contributed by atoms with Gasteiger partial charge < -0.3 is 0 Å². The number of urea groups is 1. The van der Waals surface area contributed by atoms with Crippen LogP contribution in [0.4, 0.5) is 4.79 Å². The number of imidazole rings is 1. The van der Waals surface area contributed by atoms with Gasteiger partial charge in [-0.2, -0.15) is 0 Å². The first-order valence-corrected chi connectivity index (χ1v) is 8.15. The number of aromatic nitrogens is 2.